The van der Waals surface area contributed by atoms with Gasteiger partial charge in [0.2, 0.25) is 0 Å². The summed E-state index contributed by atoms with van der Waals surface area (Å²) < 4.78 is 5.17. The minimum Gasteiger partial charge on any atom is -0.348 e. The van der Waals surface area contributed by atoms with E-state index in [1.165, 1.54) is 33.6 Å². The van der Waals surface area contributed by atoms with Crippen molar-refractivity contribution in [3.8, 4) is 0 Å². The topological polar surface area (TPSA) is 9.86 Å². The Morgan fingerprint density at radius 2 is 0.846 bits per heavy atom. The molecule has 2 aromatic heterocycles. The molecule has 2 rings (SSSR count). The van der Waals surface area contributed by atoms with E-state index in [0.717, 1.165) is 25.9 Å². The number of aromatic nitrogens is 2. The molecule has 0 fully saturated rings. The summed E-state index contributed by atoms with van der Waals surface area (Å²) in [4.78, 5) is 0. The number of rotatable bonds is 7. The van der Waals surface area contributed by atoms with Crippen LogP contribution in [0.4, 0.5) is 0 Å². The largest absolute Gasteiger partial charge is 0.348 e. The van der Waals surface area contributed by atoms with Crippen LogP contribution in [-0.2, 0) is 25.9 Å². The van der Waals surface area contributed by atoms with E-state index in [1.54, 1.807) is 11.4 Å². The molecule has 2 aromatic rings. The zero-order chi connectivity index (χ0) is 19.8. The van der Waals surface area contributed by atoms with Crippen molar-refractivity contribution in [2.45, 2.75) is 95.2 Å². The molecule has 2 nitrogen and oxygen atoms in total. The van der Waals surface area contributed by atoms with Gasteiger partial charge < -0.3 is 9.13 Å². The van der Waals surface area contributed by atoms with Gasteiger partial charge >= 0.3 is 0 Å². The van der Waals surface area contributed by atoms with E-state index in [9.17, 15) is 0 Å². The van der Waals surface area contributed by atoms with E-state index >= 15 is 0 Å². The third kappa shape index (κ3) is 3.94. The molecule has 0 aliphatic carbocycles. The van der Waals surface area contributed by atoms with Gasteiger partial charge in [-0.05, 0) is 88.5 Å². The van der Waals surface area contributed by atoms with Crippen molar-refractivity contribution >= 4 is 0 Å². The zero-order valence-electron chi connectivity index (χ0n) is 18.9. The maximum absolute atomic E-state index is 2.58. The molecule has 0 spiro atoms. The molecule has 0 radical (unpaired) electrons. The Morgan fingerprint density at radius 3 is 1.12 bits per heavy atom. The van der Waals surface area contributed by atoms with Gasteiger partial charge in [-0.1, -0.05) is 27.7 Å². The molecule has 0 atom stereocenters. The summed E-state index contributed by atoms with van der Waals surface area (Å²) in [5.41, 5.74) is 11.9. The van der Waals surface area contributed by atoms with E-state index < -0.39 is 0 Å². The van der Waals surface area contributed by atoms with E-state index in [1.807, 2.05) is 0 Å². The number of nitrogens with zero attached hydrogens (tertiary/aromatic N) is 2. The van der Waals surface area contributed by atoms with Crippen LogP contribution in [0.1, 0.15) is 72.7 Å². The summed E-state index contributed by atoms with van der Waals surface area (Å²) in [5.74, 6) is 1.35. The average molecular weight is 357 g/mol. The standard InChI is InChI=1S/C24H40N2/c1-15(2)13-25-21(9)17(5)19(7)23(25)11-12-24-20(8)18(6)22(10)26(24)14-16(3)4/h15-16H,11-14H2,1-10H3. The highest BCUT2D eigenvalue weighted by Gasteiger charge is 2.19. The molecule has 0 N–H and O–H groups in total. The molecular formula is C24H40N2. The van der Waals surface area contributed by atoms with E-state index in [2.05, 4.69) is 78.4 Å². The van der Waals surface area contributed by atoms with Gasteiger partial charge in [0.25, 0.3) is 0 Å². The monoisotopic (exact) mass is 356 g/mol. The van der Waals surface area contributed by atoms with E-state index in [-0.39, 0.29) is 0 Å². The first-order chi connectivity index (χ1) is 12.1. The van der Waals surface area contributed by atoms with E-state index in [4.69, 9.17) is 0 Å². The Labute approximate surface area is 161 Å². The van der Waals surface area contributed by atoms with Gasteiger partial charge in [0.15, 0.2) is 0 Å². The molecule has 0 aromatic carbocycles. The predicted octanol–water partition coefficient (Wildman–Crippen LogP) is 6.24. The molecule has 146 valence electrons. The van der Waals surface area contributed by atoms with Crippen LogP contribution in [0.15, 0.2) is 0 Å². The normalized spacial score (nSPS) is 12.0. The summed E-state index contributed by atoms with van der Waals surface area (Å²) in [6.45, 7) is 25.3. The SMILES string of the molecule is Cc1c(C)c(CCc2c(C)c(C)c(C)n2CC(C)C)n(CC(C)C)c1C. The lowest BCUT2D eigenvalue weighted by Crippen LogP contribution is -2.14. The van der Waals surface area contributed by atoms with Crippen molar-refractivity contribution in [1.29, 1.82) is 0 Å². The van der Waals surface area contributed by atoms with E-state index in [0.29, 0.717) is 11.8 Å². The third-order valence-electron chi connectivity index (χ3n) is 6.23. The molecule has 0 aliphatic rings. The van der Waals surface area contributed by atoms with Crippen LogP contribution < -0.4 is 0 Å². The minimum atomic E-state index is 0.676. The molecule has 2 heterocycles. The molecule has 0 saturated heterocycles. The smallest absolute Gasteiger partial charge is 0.0248 e. The lowest BCUT2D eigenvalue weighted by atomic mass is 10.0. The Morgan fingerprint density at radius 1 is 0.538 bits per heavy atom. The first-order valence-electron chi connectivity index (χ1n) is 10.4. The fourth-order valence-corrected chi connectivity index (χ4v) is 4.30. The fourth-order valence-electron chi connectivity index (χ4n) is 4.30. The van der Waals surface area contributed by atoms with Gasteiger partial charge in [0.05, 0.1) is 0 Å². The lowest BCUT2D eigenvalue weighted by Gasteiger charge is -2.17. The number of hydrogen-bond acceptors (Lipinski definition) is 0. The quantitative estimate of drug-likeness (QED) is 0.556. The molecule has 0 unspecified atom stereocenters. The Hall–Kier alpha value is -1.44. The highest BCUT2D eigenvalue weighted by Crippen LogP contribution is 2.27. The second-order valence-corrected chi connectivity index (χ2v) is 9.07. The van der Waals surface area contributed by atoms with Crippen LogP contribution in [0, 0.1) is 53.4 Å². The minimum absolute atomic E-state index is 0.676. The summed E-state index contributed by atoms with van der Waals surface area (Å²) in [5, 5.41) is 0. The van der Waals surface area contributed by atoms with Gasteiger partial charge in [-0.3, -0.25) is 0 Å². The Bertz CT molecular complexity index is 703. The Balaban J connectivity index is 2.38. The van der Waals surface area contributed by atoms with Gasteiger partial charge in [0, 0.05) is 35.9 Å². The molecule has 0 amide bonds. The van der Waals surface area contributed by atoms with Crippen LogP contribution in [-0.4, -0.2) is 9.13 Å². The Kier molecular flexibility index (Phi) is 6.47. The second-order valence-electron chi connectivity index (χ2n) is 9.07. The van der Waals surface area contributed by atoms with Crippen molar-refractivity contribution in [1.82, 2.24) is 9.13 Å². The second kappa shape index (κ2) is 8.06. The van der Waals surface area contributed by atoms with Gasteiger partial charge in [-0.2, -0.15) is 0 Å². The summed E-state index contributed by atoms with van der Waals surface area (Å²) in [6.07, 6.45) is 2.27. The van der Waals surface area contributed by atoms with Crippen molar-refractivity contribution < 1.29 is 0 Å². The highest BCUT2D eigenvalue weighted by molar-refractivity contribution is 5.39. The highest BCUT2D eigenvalue weighted by atomic mass is 15.0. The maximum Gasteiger partial charge on any atom is 0.0248 e. The van der Waals surface area contributed by atoms with Crippen molar-refractivity contribution in [2.24, 2.45) is 11.8 Å². The van der Waals surface area contributed by atoms with Crippen LogP contribution in [0.5, 0.6) is 0 Å². The maximum atomic E-state index is 2.58. The fraction of sp³-hybridized carbons (Fsp3) is 0.667. The molecule has 26 heavy (non-hydrogen) atoms. The summed E-state index contributed by atoms with van der Waals surface area (Å²) in [6, 6.07) is 0. The summed E-state index contributed by atoms with van der Waals surface area (Å²) >= 11 is 0. The molecular weight excluding hydrogens is 316 g/mol. The number of hydrogen-bond donors (Lipinski definition) is 0. The van der Waals surface area contributed by atoms with Gasteiger partial charge in [-0.25, -0.2) is 0 Å². The van der Waals surface area contributed by atoms with Gasteiger partial charge in [-0.15, -0.1) is 0 Å². The van der Waals surface area contributed by atoms with Crippen LogP contribution in [0.3, 0.4) is 0 Å². The van der Waals surface area contributed by atoms with Crippen LogP contribution >= 0.6 is 0 Å². The van der Waals surface area contributed by atoms with Crippen molar-refractivity contribution in [3.63, 3.8) is 0 Å². The molecule has 0 aliphatic heterocycles. The predicted molar refractivity (Wildman–Crippen MR) is 114 cm³/mol. The first-order valence-corrected chi connectivity index (χ1v) is 10.4. The van der Waals surface area contributed by atoms with Crippen molar-refractivity contribution in [2.75, 3.05) is 0 Å². The third-order valence-corrected chi connectivity index (χ3v) is 6.23. The van der Waals surface area contributed by atoms with Crippen LogP contribution in [0.2, 0.25) is 0 Å². The zero-order valence-corrected chi connectivity index (χ0v) is 18.9. The molecule has 0 saturated carbocycles. The van der Waals surface area contributed by atoms with Crippen molar-refractivity contribution in [3.05, 3.63) is 45.0 Å². The molecule has 0 bridgehead atoms. The first kappa shape index (κ1) is 20.9. The average Bonchev–Trinajstić information content (AvgIpc) is 2.87. The lowest BCUT2D eigenvalue weighted by molar-refractivity contribution is 0.490. The van der Waals surface area contributed by atoms with Crippen LogP contribution in [0.25, 0.3) is 0 Å². The molecule has 2 heteroatoms. The van der Waals surface area contributed by atoms with Gasteiger partial charge in [0.1, 0.15) is 0 Å². The summed E-state index contributed by atoms with van der Waals surface area (Å²) in [7, 11) is 0.